The Kier molecular flexibility index (Phi) is 6.75. The molecular weight excluding hydrogens is 462 g/mol. The summed E-state index contributed by atoms with van der Waals surface area (Å²) in [4.78, 5) is 40.5. The topological polar surface area (TPSA) is 118 Å². The lowest BCUT2D eigenvalue weighted by atomic mass is 10.1. The first-order chi connectivity index (χ1) is 17.4. The average molecular weight is 494 g/mol. The van der Waals surface area contributed by atoms with E-state index in [1.165, 1.54) is 0 Å². The summed E-state index contributed by atoms with van der Waals surface area (Å²) in [5.41, 5.74) is 2.99. The first-order valence-corrected chi connectivity index (χ1v) is 12.2. The summed E-state index contributed by atoms with van der Waals surface area (Å²) in [5, 5.41) is 19.2. The molecule has 3 aromatic rings. The van der Waals surface area contributed by atoms with Gasteiger partial charge in [-0.2, -0.15) is 9.97 Å². The van der Waals surface area contributed by atoms with Crippen molar-refractivity contribution in [2.75, 3.05) is 75.2 Å². The van der Waals surface area contributed by atoms with Crippen LogP contribution in [0.1, 0.15) is 0 Å². The van der Waals surface area contributed by atoms with E-state index < -0.39 is 11.9 Å². The largest absolute Gasteiger partial charge is 0.480 e. The maximum absolute atomic E-state index is 11.2. The second-order valence-corrected chi connectivity index (χ2v) is 9.35. The highest BCUT2D eigenvalue weighted by Gasteiger charge is 2.27. The zero-order chi connectivity index (χ0) is 25.2. The Bertz CT molecular complexity index is 1250. The molecule has 0 spiro atoms. The van der Waals surface area contributed by atoms with Crippen molar-refractivity contribution in [3.05, 3.63) is 36.4 Å². The fraction of sp³-hybridized carbons (Fsp3) is 0.440. The highest BCUT2D eigenvalue weighted by molar-refractivity contribution is 5.94. The van der Waals surface area contributed by atoms with Gasteiger partial charge in [0.2, 0.25) is 5.95 Å². The number of carbonyl (C=O) groups is 2. The first kappa shape index (κ1) is 24.0. The third-order valence-corrected chi connectivity index (χ3v) is 6.97. The Labute approximate surface area is 209 Å². The van der Waals surface area contributed by atoms with Crippen LogP contribution >= 0.6 is 0 Å². The Morgan fingerprint density at radius 2 is 1.36 bits per heavy atom. The number of rotatable bonds is 7. The maximum atomic E-state index is 11.2. The van der Waals surface area contributed by atoms with E-state index in [2.05, 4.69) is 32.6 Å². The molecule has 11 nitrogen and oxygen atoms in total. The third kappa shape index (κ3) is 4.98. The number of hydrogen-bond acceptors (Lipinski definition) is 8. The van der Waals surface area contributed by atoms with Crippen LogP contribution in [0.25, 0.3) is 22.3 Å². The van der Waals surface area contributed by atoms with E-state index in [0.717, 1.165) is 28.1 Å². The van der Waals surface area contributed by atoms with Gasteiger partial charge in [-0.1, -0.05) is 30.3 Å². The molecule has 11 heteroatoms. The van der Waals surface area contributed by atoms with Crippen LogP contribution in [0.15, 0.2) is 36.4 Å². The Balaban J connectivity index is 1.49. The molecule has 2 fully saturated rings. The standard InChI is InChI=1S/C25H31N7O4/c1-28-20(18-5-3-2-4-6-18)15-19-23(28)26-25(32-13-9-30(10-14-32)17-22(35)36)27-24(19)31-11-7-29(8-12-31)16-21(33)34/h2-6,15H,7-14,16-17H2,1H3,(H,33,34)(H,35,36). The van der Waals surface area contributed by atoms with Crippen molar-refractivity contribution in [2.45, 2.75) is 0 Å². The second kappa shape index (κ2) is 10.1. The zero-order valence-electron chi connectivity index (χ0n) is 20.4. The van der Waals surface area contributed by atoms with Crippen molar-refractivity contribution in [1.29, 1.82) is 0 Å². The number of aromatic nitrogens is 3. The number of nitrogens with zero attached hydrogens (tertiary/aromatic N) is 7. The molecular formula is C25H31N7O4. The lowest BCUT2D eigenvalue weighted by molar-refractivity contribution is -0.139. The molecule has 0 unspecified atom stereocenters. The fourth-order valence-corrected chi connectivity index (χ4v) is 5.04. The number of carboxylic acid groups (broad SMARTS) is 2. The van der Waals surface area contributed by atoms with Crippen molar-refractivity contribution in [1.82, 2.24) is 24.3 Å². The van der Waals surface area contributed by atoms with Crippen LogP contribution in [-0.2, 0) is 16.6 Å². The number of hydrogen-bond donors (Lipinski definition) is 2. The molecule has 36 heavy (non-hydrogen) atoms. The van der Waals surface area contributed by atoms with E-state index in [4.69, 9.17) is 20.2 Å². The molecule has 0 aliphatic carbocycles. The molecule has 1 aromatic carbocycles. The number of fused-ring (bicyclic) bond motifs is 1. The molecule has 5 rings (SSSR count). The van der Waals surface area contributed by atoms with Crippen LogP contribution in [-0.4, -0.2) is 112 Å². The van der Waals surface area contributed by atoms with Gasteiger partial charge in [0.1, 0.15) is 11.5 Å². The van der Waals surface area contributed by atoms with Gasteiger partial charge in [-0.15, -0.1) is 0 Å². The summed E-state index contributed by atoms with van der Waals surface area (Å²) in [6.45, 7) is 5.33. The van der Waals surface area contributed by atoms with E-state index in [-0.39, 0.29) is 13.1 Å². The van der Waals surface area contributed by atoms with E-state index >= 15 is 0 Å². The third-order valence-electron chi connectivity index (χ3n) is 6.97. The molecule has 2 aliphatic rings. The summed E-state index contributed by atoms with van der Waals surface area (Å²) in [6.07, 6.45) is 0. The quantitative estimate of drug-likeness (QED) is 0.494. The van der Waals surface area contributed by atoms with Gasteiger partial charge < -0.3 is 24.6 Å². The number of benzene rings is 1. The molecule has 0 amide bonds. The summed E-state index contributed by atoms with van der Waals surface area (Å²) < 4.78 is 2.10. The van der Waals surface area contributed by atoms with E-state index in [1.807, 2.05) is 35.0 Å². The maximum Gasteiger partial charge on any atom is 0.317 e. The van der Waals surface area contributed by atoms with Crippen molar-refractivity contribution >= 4 is 34.7 Å². The Morgan fingerprint density at radius 1 is 0.806 bits per heavy atom. The number of anilines is 2. The SMILES string of the molecule is Cn1c(-c2ccccc2)cc2c(N3CCN(CC(=O)O)CC3)nc(N3CCN(CC(=O)O)CC3)nc21. The zero-order valence-corrected chi connectivity index (χ0v) is 20.4. The predicted octanol–water partition coefficient (Wildman–Crippen LogP) is 1.05. The molecule has 2 N–H and O–H groups in total. The number of carboxylic acids is 2. The monoisotopic (exact) mass is 493 g/mol. The molecule has 0 atom stereocenters. The Morgan fingerprint density at radius 3 is 1.92 bits per heavy atom. The van der Waals surface area contributed by atoms with Gasteiger partial charge in [0, 0.05) is 59.4 Å². The van der Waals surface area contributed by atoms with E-state index in [0.29, 0.717) is 58.3 Å². The molecule has 2 saturated heterocycles. The highest BCUT2D eigenvalue weighted by atomic mass is 16.4. The van der Waals surface area contributed by atoms with E-state index in [9.17, 15) is 9.59 Å². The molecule has 2 aliphatic heterocycles. The minimum atomic E-state index is -0.817. The minimum absolute atomic E-state index is 0.0395. The van der Waals surface area contributed by atoms with Gasteiger partial charge in [-0.05, 0) is 11.6 Å². The minimum Gasteiger partial charge on any atom is -0.480 e. The van der Waals surface area contributed by atoms with Gasteiger partial charge in [0.15, 0.2) is 0 Å². The number of aliphatic carboxylic acids is 2. The normalized spacial score (nSPS) is 17.6. The van der Waals surface area contributed by atoms with Crippen molar-refractivity contribution in [3.8, 4) is 11.3 Å². The summed E-state index contributed by atoms with van der Waals surface area (Å²) in [5.74, 6) is -0.132. The summed E-state index contributed by atoms with van der Waals surface area (Å²) in [6, 6.07) is 12.3. The van der Waals surface area contributed by atoms with Crippen LogP contribution in [0.3, 0.4) is 0 Å². The van der Waals surface area contributed by atoms with E-state index in [1.54, 1.807) is 0 Å². The van der Waals surface area contributed by atoms with Crippen molar-refractivity contribution in [2.24, 2.45) is 7.05 Å². The number of piperazine rings is 2. The van der Waals surface area contributed by atoms with Gasteiger partial charge in [-0.25, -0.2) is 0 Å². The van der Waals surface area contributed by atoms with Crippen molar-refractivity contribution < 1.29 is 19.8 Å². The molecule has 190 valence electrons. The second-order valence-electron chi connectivity index (χ2n) is 9.35. The molecule has 0 radical (unpaired) electrons. The van der Waals surface area contributed by atoms with Gasteiger partial charge in [0.05, 0.1) is 24.2 Å². The summed E-state index contributed by atoms with van der Waals surface area (Å²) >= 11 is 0. The highest BCUT2D eigenvalue weighted by Crippen LogP contribution is 2.33. The number of aryl methyl sites for hydroxylation is 1. The molecule has 0 bridgehead atoms. The fourth-order valence-electron chi connectivity index (χ4n) is 5.04. The molecule has 4 heterocycles. The van der Waals surface area contributed by atoms with Crippen molar-refractivity contribution in [3.63, 3.8) is 0 Å². The molecule has 0 saturated carbocycles. The van der Waals surface area contributed by atoms with Crippen LogP contribution in [0.5, 0.6) is 0 Å². The predicted molar refractivity (Wildman–Crippen MR) is 137 cm³/mol. The van der Waals surface area contributed by atoms with Crippen LogP contribution in [0.4, 0.5) is 11.8 Å². The Hall–Kier alpha value is -3.70. The van der Waals surface area contributed by atoms with Gasteiger partial charge >= 0.3 is 11.9 Å². The molecule has 2 aromatic heterocycles. The first-order valence-electron chi connectivity index (χ1n) is 12.2. The van der Waals surface area contributed by atoms with Crippen LogP contribution in [0, 0.1) is 0 Å². The van der Waals surface area contributed by atoms with Gasteiger partial charge in [-0.3, -0.25) is 19.4 Å². The van der Waals surface area contributed by atoms with Crippen LogP contribution in [0.2, 0.25) is 0 Å². The average Bonchev–Trinajstić information content (AvgIpc) is 3.21. The smallest absolute Gasteiger partial charge is 0.317 e. The summed E-state index contributed by atoms with van der Waals surface area (Å²) in [7, 11) is 2.01. The van der Waals surface area contributed by atoms with Gasteiger partial charge in [0.25, 0.3) is 0 Å². The lowest BCUT2D eigenvalue weighted by Gasteiger charge is -2.36. The van der Waals surface area contributed by atoms with Crippen LogP contribution < -0.4 is 9.80 Å². The lowest BCUT2D eigenvalue weighted by Crippen LogP contribution is -2.49.